The number of carbonyl (C=O) groups excluding carboxylic acids is 1. The molecule has 19 heavy (non-hydrogen) atoms. The number of hydrogen-bond donors (Lipinski definition) is 2. The van der Waals surface area contributed by atoms with Crippen molar-refractivity contribution in [1.29, 1.82) is 0 Å². The molecule has 1 aromatic rings. The monoisotopic (exact) mass is 300 g/mol. The van der Waals surface area contributed by atoms with Crippen LogP contribution in [0.15, 0.2) is 28.0 Å². The zero-order chi connectivity index (χ0) is 14.0. The van der Waals surface area contributed by atoms with Crippen LogP contribution in [0.25, 0.3) is 0 Å². The molecular formula is C12H16N2O3S2. The van der Waals surface area contributed by atoms with Gasteiger partial charge in [-0.05, 0) is 31.5 Å². The maximum Gasteiger partial charge on any atom is 0.240 e. The summed E-state index contributed by atoms with van der Waals surface area (Å²) in [6.45, 7) is 3.73. The minimum absolute atomic E-state index is 0.109. The second-order valence-electron chi connectivity index (χ2n) is 4.43. The average molecular weight is 300 g/mol. The van der Waals surface area contributed by atoms with Gasteiger partial charge in [0.2, 0.25) is 15.9 Å². The van der Waals surface area contributed by atoms with Crippen molar-refractivity contribution in [1.82, 2.24) is 4.72 Å². The molecule has 5 nitrogen and oxygen atoms in total. The Bertz CT molecular complexity index is 599. The molecule has 1 aliphatic heterocycles. The minimum Gasteiger partial charge on any atom is -0.324 e. The molecule has 7 heteroatoms. The van der Waals surface area contributed by atoms with Crippen LogP contribution >= 0.6 is 11.8 Å². The van der Waals surface area contributed by atoms with Gasteiger partial charge in [0, 0.05) is 10.9 Å². The van der Waals surface area contributed by atoms with Crippen LogP contribution in [0.3, 0.4) is 0 Å². The predicted molar refractivity (Wildman–Crippen MR) is 75.9 cm³/mol. The Labute approximate surface area is 117 Å². The molecular weight excluding hydrogens is 284 g/mol. The number of amides is 1. The summed E-state index contributed by atoms with van der Waals surface area (Å²) in [5.41, 5.74) is 0.563. The summed E-state index contributed by atoms with van der Waals surface area (Å²) in [6, 6.07) is 4.67. The Morgan fingerprint density at radius 1 is 1.47 bits per heavy atom. The van der Waals surface area contributed by atoms with Crippen LogP contribution in [0.5, 0.6) is 0 Å². The summed E-state index contributed by atoms with van der Waals surface area (Å²) in [6.07, 6.45) is 0.719. The second kappa shape index (κ2) is 5.52. The molecule has 0 saturated heterocycles. The highest BCUT2D eigenvalue weighted by Crippen LogP contribution is 2.33. The molecule has 0 radical (unpaired) electrons. The molecule has 1 heterocycles. The smallest absolute Gasteiger partial charge is 0.240 e. The van der Waals surface area contributed by atoms with Crippen molar-refractivity contribution in [3.8, 4) is 0 Å². The van der Waals surface area contributed by atoms with E-state index in [4.69, 9.17) is 0 Å². The lowest BCUT2D eigenvalue weighted by atomic mass is 10.3. The summed E-state index contributed by atoms with van der Waals surface area (Å²) < 4.78 is 26.9. The molecule has 0 aromatic heterocycles. The summed E-state index contributed by atoms with van der Waals surface area (Å²) >= 11 is 1.41. The fourth-order valence-corrected chi connectivity index (χ4v) is 3.79. The van der Waals surface area contributed by atoms with Crippen molar-refractivity contribution < 1.29 is 13.2 Å². The van der Waals surface area contributed by atoms with E-state index in [9.17, 15) is 13.2 Å². The highest BCUT2D eigenvalue weighted by molar-refractivity contribution is 8.00. The lowest BCUT2D eigenvalue weighted by Gasteiger charge is -2.18. The molecule has 104 valence electrons. The van der Waals surface area contributed by atoms with Crippen LogP contribution in [-0.2, 0) is 14.8 Å². The van der Waals surface area contributed by atoms with E-state index in [0.717, 1.165) is 11.3 Å². The largest absolute Gasteiger partial charge is 0.324 e. The van der Waals surface area contributed by atoms with E-state index >= 15 is 0 Å². The number of thioether (sulfide) groups is 1. The molecule has 1 amide bonds. The van der Waals surface area contributed by atoms with Gasteiger partial charge in [0.25, 0.3) is 0 Å². The van der Waals surface area contributed by atoms with Crippen molar-refractivity contribution in [2.75, 3.05) is 11.1 Å². The number of fused-ring (bicyclic) bond motifs is 1. The molecule has 0 fully saturated rings. The highest BCUT2D eigenvalue weighted by Gasteiger charge is 2.21. The van der Waals surface area contributed by atoms with Crippen LogP contribution in [0.1, 0.15) is 20.3 Å². The molecule has 0 saturated carbocycles. The van der Waals surface area contributed by atoms with E-state index in [1.807, 2.05) is 13.8 Å². The molecule has 2 N–H and O–H groups in total. The number of sulfonamides is 1. The first-order valence-corrected chi connectivity index (χ1v) is 8.48. The second-order valence-corrected chi connectivity index (χ2v) is 7.16. The molecule has 1 aliphatic rings. The number of anilines is 1. The summed E-state index contributed by atoms with van der Waals surface area (Å²) in [7, 11) is -3.53. The number of carbonyl (C=O) groups is 1. The number of benzene rings is 1. The van der Waals surface area contributed by atoms with Crippen LogP contribution in [0.4, 0.5) is 5.69 Å². The lowest BCUT2D eigenvalue weighted by Crippen LogP contribution is -2.32. The predicted octanol–water partition coefficient (Wildman–Crippen LogP) is 1.81. The fraction of sp³-hybridized carbons (Fsp3) is 0.417. The highest BCUT2D eigenvalue weighted by atomic mass is 32.2. The third kappa shape index (κ3) is 3.29. The van der Waals surface area contributed by atoms with Crippen LogP contribution in [0, 0.1) is 0 Å². The molecule has 2 rings (SSSR count). The van der Waals surface area contributed by atoms with E-state index in [-0.39, 0.29) is 16.8 Å². The standard InChI is InChI=1S/C12H16N2O3S2/c1-3-8(2)14-19(16,17)9-4-5-11-10(6-9)13-12(15)7-18-11/h4-6,8,14H,3,7H2,1-2H3,(H,13,15). The van der Waals surface area contributed by atoms with Gasteiger partial charge in [0.1, 0.15) is 0 Å². The van der Waals surface area contributed by atoms with Gasteiger partial charge in [-0.15, -0.1) is 11.8 Å². The maximum atomic E-state index is 12.1. The third-order valence-electron chi connectivity index (χ3n) is 2.86. The summed E-state index contributed by atoms with van der Waals surface area (Å²) in [5, 5.41) is 2.69. The topological polar surface area (TPSA) is 75.3 Å². The van der Waals surface area contributed by atoms with E-state index in [2.05, 4.69) is 10.0 Å². The molecule has 1 unspecified atom stereocenters. The Morgan fingerprint density at radius 2 is 2.21 bits per heavy atom. The first kappa shape index (κ1) is 14.4. The van der Waals surface area contributed by atoms with Crippen LogP contribution < -0.4 is 10.0 Å². The Morgan fingerprint density at radius 3 is 2.89 bits per heavy atom. The van der Waals surface area contributed by atoms with Crippen molar-refractivity contribution >= 4 is 33.4 Å². The molecule has 0 bridgehead atoms. The lowest BCUT2D eigenvalue weighted by molar-refractivity contribution is -0.113. The van der Waals surface area contributed by atoms with E-state index in [0.29, 0.717) is 11.4 Å². The summed E-state index contributed by atoms with van der Waals surface area (Å²) in [4.78, 5) is 12.4. The fourth-order valence-electron chi connectivity index (χ4n) is 1.65. The van der Waals surface area contributed by atoms with Gasteiger partial charge in [-0.3, -0.25) is 4.79 Å². The SMILES string of the molecule is CCC(C)NS(=O)(=O)c1ccc2c(c1)NC(=O)CS2. The molecule has 1 aromatic carbocycles. The first-order valence-electron chi connectivity index (χ1n) is 6.01. The van der Waals surface area contributed by atoms with Gasteiger partial charge in [0.05, 0.1) is 16.3 Å². The normalized spacial score (nSPS) is 16.6. The van der Waals surface area contributed by atoms with Gasteiger partial charge >= 0.3 is 0 Å². The molecule has 0 spiro atoms. The quantitative estimate of drug-likeness (QED) is 0.889. The summed E-state index contributed by atoms with van der Waals surface area (Å²) in [5.74, 6) is 0.256. The van der Waals surface area contributed by atoms with Gasteiger partial charge in [-0.1, -0.05) is 6.92 Å². The van der Waals surface area contributed by atoms with E-state index < -0.39 is 10.0 Å². The molecule has 0 aliphatic carbocycles. The van der Waals surface area contributed by atoms with E-state index in [1.165, 1.54) is 17.8 Å². The maximum absolute atomic E-state index is 12.1. The van der Waals surface area contributed by atoms with Gasteiger partial charge < -0.3 is 5.32 Å². The Hall–Kier alpha value is -1.05. The third-order valence-corrected chi connectivity index (χ3v) is 5.52. The van der Waals surface area contributed by atoms with E-state index in [1.54, 1.807) is 12.1 Å². The first-order chi connectivity index (χ1) is 8.92. The number of nitrogens with one attached hydrogen (secondary N) is 2. The minimum atomic E-state index is -3.53. The van der Waals surface area contributed by atoms with Crippen molar-refractivity contribution in [3.63, 3.8) is 0 Å². The van der Waals surface area contributed by atoms with Gasteiger partial charge in [-0.2, -0.15) is 0 Å². The average Bonchev–Trinajstić information content (AvgIpc) is 2.37. The van der Waals surface area contributed by atoms with Crippen molar-refractivity contribution in [2.45, 2.75) is 36.1 Å². The Balaban J connectivity index is 2.31. The molecule has 1 atom stereocenters. The number of rotatable bonds is 4. The van der Waals surface area contributed by atoms with Gasteiger partial charge in [-0.25, -0.2) is 13.1 Å². The Kier molecular flexibility index (Phi) is 4.17. The zero-order valence-electron chi connectivity index (χ0n) is 10.8. The van der Waals surface area contributed by atoms with Crippen LogP contribution in [-0.4, -0.2) is 26.1 Å². The van der Waals surface area contributed by atoms with Crippen LogP contribution in [0.2, 0.25) is 0 Å². The van der Waals surface area contributed by atoms with Gasteiger partial charge in [0.15, 0.2) is 0 Å². The zero-order valence-corrected chi connectivity index (χ0v) is 12.4. The van der Waals surface area contributed by atoms with Crippen molar-refractivity contribution in [2.24, 2.45) is 0 Å². The van der Waals surface area contributed by atoms with Crippen molar-refractivity contribution in [3.05, 3.63) is 18.2 Å². The number of hydrogen-bond acceptors (Lipinski definition) is 4.